The molecule has 0 saturated heterocycles. The molecule has 0 fully saturated rings. The van der Waals surface area contributed by atoms with Crippen LogP contribution < -0.4 is 10.1 Å². The summed E-state index contributed by atoms with van der Waals surface area (Å²) in [7, 11) is 1.62. The lowest BCUT2D eigenvalue weighted by molar-refractivity contribution is 0.112. The van der Waals surface area contributed by atoms with Crippen LogP contribution in [0.2, 0.25) is 0 Å². The maximum absolute atomic E-state index is 10.9. The van der Waals surface area contributed by atoms with Gasteiger partial charge in [-0.1, -0.05) is 0 Å². The molecule has 0 aromatic heterocycles. The summed E-state index contributed by atoms with van der Waals surface area (Å²) in [5.74, 6) is 0.912. The molecule has 0 radical (unpaired) electrons. The maximum atomic E-state index is 10.9. The van der Waals surface area contributed by atoms with Crippen LogP contribution in [-0.2, 0) is 0 Å². The second-order valence-electron chi connectivity index (χ2n) is 4.14. The van der Waals surface area contributed by atoms with Crippen LogP contribution in [0.3, 0.4) is 0 Å². The molecule has 102 valence electrons. The number of phenols is 1. The summed E-state index contributed by atoms with van der Waals surface area (Å²) >= 11 is 0. The SMILES string of the molecule is COc1ccc(N/C=C\c2cc(O)ccc2C=O)cc1. The van der Waals surface area contributed by atoms with Crippen molar-refractivity contribution in [2.75, 3.05) is 12.4 Å². The van der Waals surface area contributed by atoms with Crippen molar-refractivity contribution >= 4 is 18.0 Å². The standard InChI is InChI=1S/C16H15NO3/c1-20-16-6-3-14(4-7-16)17-9-8-12-10-15(19)5-2-13(12)11-18/h2-11,17,19H,1H3/b9-8-. The Labute approximate surface area is 117 Å². The van der Waals surface area contributed by atoms with Gasteiger partial charge in [0, 0.05) is 17.5 Å². The molecule has 0 heterocycles. The molecule has 0 aliphatic carbocycles. The molecule has 0 bridgehead atoms. The summed E-state index contributed by atoms with van der Waals surface area (Å²) in [5, 5.41) is 12.5. The second-order valence-corrected chi connectivity index (χ2v) is 4.14. The molecule has 0 aliphatic rings. The van der Waals surface area contributed by atoms with Crippen LogP contribution >= 0.6 is 0 Å². The number of aromatic hydroxyl groups is 1. The predicted molar refractivity (Wildman–Crippen MR) is 79.1 cm³/mol. The number of phenolic OH excluding ortho intramolecular Hbond substituents is 1. The van der Waals surface area contributed by atoms with Crippen LogP contribution in [0.1, 0.15) is 15.9 Å². The van der Waals surface area contributed by atoms with Gasteiger partial charge in [0.2, 0.25) is 0 Å². The highest BCUT2D eigenvalue weighted by Crippen LogP contribution is 2.18. The van der Waals surface area contributed by atoms with E-state index in [1.165, 1.54) is 12.1 Å². The number of aldehydes is 1. The molecule has 4 heteroatoms. The first-order chi connectivity index (χ1) is 9.72. The van der Waals surface area contributed by atoms with E-state index in [0.29, 0.717) is 11.1 Å². The Kier molecular flexibility index (Phi) is 4.39. The Balaban J connectivity index is 2.09. The van der Waals surface area contributed by atoms with Gasteiger partial charge in [-0.15, -0.1) is 0 Å². The largest absolute Gasteiger partial charge is 0.508 e. The number of carbonyl (C=O) groups excluding carboxylic acids is 1. The van der Waals surface area contributed by atoms with Crippen LogP contribution in [0.25, 0.3) is 6.08 Å². The quantitative estimate of drug-likeness (QED) is 0.818. The first kappa shape index (κ1) is 13.7. The van der Waals surface area contributed by atoms with Crippen molar-refractivity contribution in [1.29, 1.82) is 0 Å². The average Bonchev–Trinajstić information content (AvgIpc) is 2.48. The highest BCUT2D eigenvalue weighted by Gasteiger charge is 1.99. The van der Waals surface area contributed by atoms with E-state index in [4.69, 9.17) is 4.74 Å². The number of methoxy groups -OCH3 is 1. The number of benzene rings is 2. The zero-order valence-electron chi connectivity index (χ0n) is 11.0. The van der Waals surface area contributed by atoms with E-state index in [-0.39, 0.29) is 5.75 Å². The molecule has 0 unspecified atom stereocenters. The van der Waals surface area contributed by atoms with Crippen molar-refractivity contribution in [1.82, 2.24) is 0 Å². The van der Waals surface area contributed by atoms with Crippen molar-refractivity contribution < 1.29 is 14.6 Å². The minimum atomic E-state index is 0.125. The minimum absolute atomic E-state index is 0.125. The molecule has 2 N–H and O–H groups in total. The number of nitrogens with one attached hydrogen (secondary N) is 1. The number of rotatable bonds is 5. The number of hydrogen-bond acceptors (Lipinski definition) is 4. The number of anilines is 1. The van der Waals surface area contributed by atoms with E-state index in [1.807, 2.05) is 24.3 Å². The van der Waals surface area contributed by atoms with Gasteiger partial charge in [-0.25, -0.2) is 0 Å². The molecule has 2 aromatic rings. The fourth-order valence-electron chi connectivity index (χ4n) is 1.73. The van der Waals surface area contributed by atoms with Crippen molar-refractivity contribution in [3.8, 4) is 11.5 Å². The van der Waals surface area contributed by atoms with E-state index < -0.39 is 0 Å². The van der Waals surface area contributed by atoms with Crippen LogP contribution in [0.15, 0.2) is 48.7 Å². The molecule has 0 saturated carbocycles. The maximum Gasteiger partial charge on any atom is 0.150 e. The Hall–Kier alpha value is -2.75. The summed E-state index contributed by atoms with van der Waals surface area (Å²) in [5.41, 5.74) is 2.08. The zero-order chi connectivity index (χ0) is 14.4. The molecule has 0 spiro atoms. The van der Waals surface area contributed by atoms with Crippen molar-refractivity contribution in [3.05, 3.63) is 59.8 Å². The van der Waals surface area contributed by atoms with Gasteiger partial charge in [0.15, 0.2) is 6.29 Å². The molecule has 0 atom stereocenters. The van der Waals surface area contributed by atoms with Crippen LogP contribution in [-0.4, -0.2) is 18.5 Å². The zero-order valence-corrected chi connectivity index (χ0v) is 11.0. The molecule has 2 aromatic carbocycles. The molecule has 0 amide bonds. The van der Waals surface area contributed by atoms with Crippen LogP contribution in [0, 0.1) is 0 Å². The molecule has 0 aliphatic heterocycles. The Morgan fingerprint density at radius 1 is 1.10 bits per heavy atom. The Morgan fingerprint density at radius 3 is 2.50 bits per heavy atom. The average molecular weight is 269 g/mol. The summed E-state index contributed by atoms with van der Waals surface area (Å²) in [6.07, 6.45) is 4.20. The third-order valence-corrected chi connectivity index (χ3v) is 2.80. The summed E-state index contributed by atoms with van der Waals surface area (Å²) in [4.78, 5) is 10.9. The lowest BCUT2D eigenvalue weighted by Crippen LogP contribution is -1.90. The van der Waals surface area contributed by atoms with E-state index in [2.05, 4.69) is 5.32 Å². The summed E-state index contributed by atoms with van der Waals surface area (Å²) < 4.78 is 5.07. The van der Waals surface area contributed by atoms with E-state index >= 15 is 0 Å². The number of ether oxygens (including phenoxy) is 1. The van der Waals surface area contributed by atoms with Gasteiger partial charge in [0.25, 0.3) is 0 Å². The molecular formula is C16H15NO3. The molecule has 4 nitrogen and oxygen atoms in total. The van der Waals surface area contributed by atoms with Gasteiger partial charge in [0.05, 0.1) is 7.11 Å². The smallest absolute Gasteiger partial charge is 0.150 e. The predicted octanol–water partition coefficient (Wildman–Crippen LogP) is 3.30. The number of hydrogen-bond donors (Lipinski definition) is 2. The van der Waals surface area contributed by atoms with Crippen LogP contribution in [0.5, 0.6) is 11.5 Å². The lowest BCUT2D eigenvalue weighted by Gasteiger charge is -2.03. The minimum Gasteiger partial charge on any atom is -0.508 e. The fourth-order valence-corrected chi connectivity index (χ4v) is 1.73. The normalized spacial score (nSPS) is 10.4. The van der Waals surface area contributed by atoms with Crippen molar-refractivity contribution in [2.45, 2.75) is 0 Å². The van der Waals surface area contributed by atoms with E-state index in [1.54, 1.807) is 25.5 Å². The highest BCUT2D eigenvalue weighted by molar-refractivity contribution is 5.82. The fraction of sp³-hybridized carbons (Fsp3) is 0.0625. The van der Waals surface area contributed by atoms with Gasteiger partial charge in [-0.2, -0.15) is 0 Å². The molecule has 20 heavy (non-hydrogen) atoms. The summed E-state index contributed by atoms with van der Waals surface area (Å²) in [6, 6.07) is 12.1. The van der Waals surface area contributed by atoms with Crippen molar-refractivity contribution in [3.63, 3.8) is 0 Å². The summed E-state index contributed by atoms with van der Waals surface area (Å²) in [6.45, 7) is 0. The van der Waals surface area contributed by atoms with Gasteiger partial charge in [-0.3, -0.25) is 4.79 Å². The van der Waals surface area contributed by atoms with Gasteiger partial charge in [0.1, 0.15) is 11.5 Å². The van der Waals surface area contributed by atoms with E-state index in [9.17, 15) is 9.90 Å². The first-order valence-corrected chi connectivity index (χ1v) is 6.08. The van der Waals surface area contributed by atoms with Gasteiger partial charge >= 0.3 is 0 Å². The highest BCUT2D eigenvalue weighted by atomic mass is 16.5. The third kappa shape index (κ3) is 3.38. The Bertz CT molecular complexity index is 618. The third-order valence-electron chi connectivity index (χ3n) is 2.80. The Morgan fingerprint density at radius 2 is 1.85 bits per heavy atom. The number of carbonyl (C=O) groups is 1. The van der Waals surface area contributed by atoms with Gasteiger partial charge < -0.3 is 15.2 Å². The van der Waals surface area contributed by atoms with Crippen molar-refractivity contribution in [2.24, 2.45) is 0 Å². The van der Waals surface area contributed by atoms with E-state index in [0.717, 1.165) is 17.7 Å². The van der Waals surface area contributed by atoms with Crippen LogP contribution in [0.4, 0.5) is 5.69 Å². The monoisotopic (exact) mass is 269 g/mol. The lowest BCUT2D eigenvalue weighted by atomic mass is 10.1. The van der Waals surface area contributed by atoms with Gasteiger partial charge in [-0.05, 0) is 54.1 Å². The first-order valence-electron chi connectivity index (χ1n) is 6.08. The molecule has 2 rings (SSSR count). The topological polar surface area (TPSA) is 58.6 Å². The molecular weight excluding hydrogens is 254 g/mol. The second kappa shape index (κ2) is 6.43.